The molecule has 0 saturated heterocycles. The second kappa shape index (κ2) is 10.8. The monoisotopic (exact) mass is 477 g/mol. The van der Waals surface area contributed by atoms with Crippen molar-refractivity contribution in [2.24, 2.45) is 0 Å². The van der Waals surface area contributed by atoms with Gasteiger partial charge in [0.15, 0.2) is 0 Å². The first kappa shape index (κ1) is 25.7. The number of ether oxygens (including phenoxy) is 2. The first-order valence-electron chi connectivity index (χ1n) is 9.97. The molecule has 0 bridgehead atoms. The number of rotatable bonds is 7. The highest BCUT2D eigenvalue weighted by molar-refractivity contribution is 7.92. The van der Waals surface area contributed by atoms with Gasteiger partial charge in [0.2, 0.25) is 0 Å². The van der Waals surface area contributed by atoms with Crippen LogP contribution in [0.25, 0.3) is 0 Å². The zero-order valence-electron chi connectivity index (χ0n) is 18.8. The third kappa shape index (κ3) is 8.45. The van der Waals surface area contributed by atoms with Crippen LogP contribution in [0.1, 0.15) is 43.1 Å². The Bertz CT molecular complexity index is 1090. The van der Waals surface area contributed by atoms with Crippen molar-refractivity contribution in [1.29, 1.82) is 0 Å². The summed E-state index contributed by atoms with van der Waals surface area (Å²) < 4.78 is 37.3. The SMILES string of the molecule is COC(=O)CCc1ccc(S(=O)(=O)Nc2ccc(C(=O)NNC(=O)OC(C)(C)C)cc2)cc1. The normalized spacial score (nSPS) is 11.3. The molecule has 0 atom stereocenters. The van der Waals surface area contributed by atoms with Crippen LogP contribution in [-0.4, -0.2) is 39.1 Å². The summed E-state index contributed by atoms with van der Waals surface area (Å²) in [5.74, 6) is -0.941. The molecule has 33 heavy (non-hydrogen) atoms. The molecule has 0 aliphatic carbocycles. The van der Waals surface area contributed by atoms with Gasteiger partial charge < -0.3 is 9.47 Å². The fourth-order valence-electron chi connectivity index (χ4n) is 2.57. The van der Waals surface area contributed by atoms with E-state index in [1.165, 1.54) is 43.5 Å². The maximum atomic E-state index is 12.6. The fourth-order valence-corrected chi connectivity index (χ4v) is 3.63. The van der Waals surface area contributed by atoms with E-state index in [2.05, 4.69) is 20.3 Å². The van der Waals surface area contributed by atoms with Crippen LogP contribution in [0.5, 0.6) is 0 Å². The van der Waals surface area contributed by atoms with E-state index >= 15 is 0 Å². The van der Waals surface area contributed by atoms with Gasteiger partial charge in [-0.25, -0.2) is 18.6 Å². The van der Waals surface area contributed by atoms with E-state index in [9.17, 15) is 22.8 Å². The fraction of sp³-hybridized carbons (Fsp3) is 0.318. The molecule has 0 fully saturated rings. The van der Waals surface area contributed by atoms with Crippen molar-refractivity contribution in [3.63, 3.8) is 0 Å². The average Bonchev–Trinajstić information content (AvgIpc) is 2.75. The first-order chi connectivity index (χ1) is 15.4. The molecular weight excluding hydrogens is 450 g/mol. The quantitative estimate of drug-likeness (QED) is 0.411. The number of carbonyl (C=O) groups is 3. The number of carbonyl (C=O) groups excluding carboxylic acids is 3. The standard InChI is InChI=1S/C22H27N3O7S/c1-22(2,3)32-21(28)24-23-20(27)16-8-10-17(11-9-16)25-33(29,30)18-12-5-15(6-13-18)7-14-19(26)31-4/h5-6,8-13,25H,7,14H2,1-4H3,(H,23,27)(H,24,28). The number of amides is 2. The largest absolute Gasteiger partial charge is 0.469 e. The first-order valence-corrected chi connectivity index (χ1v) is 11.5. The van der Waals surface area contributed by atoms with Crippen LogP contribution >= 0.6 is 0 Å². The molecule has 11 heteroatoms. The van der Waals surface area contributed by atoms with Gasteiger partial charge >= 0.3 is 12.1 Å². The van der Waals surface area contributed by atoms with Gasteiger partial charge in [-0.15, -0.1) is 0 Å². The van der Waals surface area contributed by atoms with Crippen LogP contribution in [0.4, 0.5) is 10.5 Å². The number of methoxy groups -OCH3 is 1. The van der Waals surface area contributed by atoms with Crippen molar-refractivity contribution in [3.05, 3.63) is 59.7 Å². The maximum Gasteiger partial charge on any atom is 0.426 e. The lowest BCUT2D eigenvalue weighted by Gasteiger charge is -2.19. The number of anilines is 1. The Balaban J connectivity index is 1.95. The van der Waals surface area contributed by atoms with Crippen LogP contribution in [0.3, 0.4) is 0 Å². The van der Waals surface area contributed by atoms with Gasteiger partial charge in [0.1, 0.15) is 5.60 Å². The van der Waals surface area contributed by atoms with Crippen molar-refractivity contribution in [3.8, 4) is 0 Å². The Morgan fingerprint density at radius 3 is 2.06 bits per heavy atom. The molecule has 0 aliphatic rings. The second-order valence-corrected chi connectivity index (χ2v) is 9.67. The minimum atomic E-state index is -3.85. The Morgan fingerprint density at radius 2 is 1.52 bits per heavy atom. The zero-order valence-corrected chi connectivity index (χ0v) is 19.6. The molecule has 0 spiro atoms. The third-order valence-corrected chi connectivity index (χ3v) is 5.55. The lowest BCUT2D eigenvalue weighted by Crippen LogP contribution is -2.44. The van der Waals surface area contributed by atoms with Gasteiger partial charge in [0, 0.05) is 17.7 Å². The molecular formula is C22H27N3O7S. The topological polar surface area (TPSA) is 140 Å². The Kier molecular flexibility index (Phi) is 8.41. The summed E-state index contributed by atoms with van der Waals surface area (Å²) in [5, 5.41) is 0. The molecule has 10 nitrogen and oxygen atoms in total. The number of esters is 1. The Hall–Kier alpha value is -3.60. The molecule has 0 aliphatic heterocycles. The minimum absolute atomic E-state index is 0.0488. The summed E-state index contributed by atoms with van der Waals surface area (Å²) in [4.78, 5) is 35.0. The van der Waals surface area contributed by atoms with Gasteiger partial charge in [0.05, 0.1) is 12.0 Å². The lowest BCUT2D eigenvalue weighted by molar-refractivity contribution is -0.140. The van der Waals surface area contributed by atoms with Crippen LogP contribution in [0.2, 0.25) is 0 Å². The van der Waals surface area contributed by atoms with Crippen molar-refractivity contribution in [1.82, 2.24) is 10.9 Å². The van der Waals surface area contributed by atoms with Crippen molar-refractivity contribution >= 4 is 33.7 Å². The molecule has 2 rings (SSSR count). The van der Waals surface area contributed by atoms with E-state index in [0.29, 0.717) is 6.42 Å². The average molecular weight is 478 g/mol. The molecule has 0 saturated carbocycles. The highest BCUT2D eigenvalue weighted by Gasteiger charge is 2.17. The molecule has 0 aromatic heterocycles. The molecule has 178 valence electrons. The molecule has 3 N–H and O–H groups in total. The second-order valence-electron chi connectivity index (χ2n) is 7.98. The highest BCUT2D eigenvalue weighted by Crippen LogP contribution is 2.18. The maximum absolute atomic E-state index is 12.6. The number of hydrogen-bond acceptors (Lipinski definition) is 7. The Morgan fingerprint density at radius 1 is 0.909 bits per heavy atom. The molecule has 0 heterocycles. The Labute approximate surface area is 192 Å². The summed E-state index contributed by atoms with van der Waals surface area (Å²) in [5.41, 5.74) is 4.89. The van der Waals surface area contributed by atoms with E-state index in [0.717, 1.165) is 5.56 Å². The molecule has 2 aromatic carbocycles. The van der Waals surface area contributed by atoms with Crippen molar-refractivity contribution in [2.75, 3.05) is 11.8 Å². The van der Waals surface area contributed by atoms with Crippen molar-refractivity contribution in [2.45, 2.75) is 44.1 Å². The van der Waals surface area contributed by atoms with E-state index in [1.807, 2.05) is 0 Å². The van der Waals surface area contributed by atoms with E-state index in [4.69, 9.17) is 4.74 Å². The van der Waals surface area contributed by atoms with Gasteiger partial charge in [-0.1, -0.05) is 12.1 Å². The number of hydrazine groups is 1. The van der Waals surface area contributed by atoms with Gasteiger partial charge in [-0.05, 0) is 69.2 Å². The predicted molar refractivity (Wildman–Crippen MR) is 121 cm³/mol. The number of nitrogens with one attached hydrogen (secondary N) is 3. The summed E-state index contributed by atoms with van der Waals surface area (Å²) >= 11 is 0. The van der Waals surface area contributed by atoms with Crippen LogP contribution < -0.4 is 15.6 Å². The molecule has 0 unspecified atom stereocenters. The predicted octanol–water partition coefficient (Wildman–Crippen LogP) is 2.76. The van der Waals surface area contributed by atoms with E-state index in [1.54, 1.807) is 32.9 Å². The smallest absolute Gasteiger partial charge is 0.426 e. The number of aryl methyl sites for hydroxylation is 1. The van der Waals surface area contributed by atoms with E-state index in [-0.39, 0.29) is 28.5 Å². The zero-order chi connectivity index (χ0) is 24.6. The van der Waals surface area contributed by atoms with E-state index < -0.39 is 27.6 Å². The molecule has 2 amide bonds. The molecule has 0 radical (unpaired) electrons. The van der Waals surface area contributed by atoms with Crippen LogP contribution in [0, 0.1) is 0 Å². The van der Waals surface area contributed by atoms with Gasteiger partial charge in [-0.2, -0.15) is 0 Å². The number of benzene rings is 2. The number of sulfonamides is 1. The summed E-state index contributed by atoms with van der Waals surface area (Å²) in [6.45, 7) is 5.06. The summed E-state index contributed by atoms with van der Waals surface area (Å²) in [6, 6.07) is 11.8. The summed E-state index contributed by atoms with van der Waals surface area (Å²) in [7, 11) is -2.54. The van der Waals surface area contributed by atoms with Gasteiger partial charge in [-0.3, -0.25) is 19.7 Å². The molecule has 2 aromatic rings. The minimum Gasteiger partial charge on any atom is -0.469 e. The van der Waals surface area contributed by atoms with Crippen molar-refractivity contribution < 1.29 is 32.3 Å². The lowest BCUT2D eigenvalue weighted by atomic mass is 10.1. The van der Waals surface area contributed by atoms with Crippen LogP contribution in [0.15, 0.2) is 53.4 Å². The van der Waals surface area contributed by atoms with Crippen LogP contribution in [-0.2, 0) is 30.7 Å². The highest BCUT2D eigenvalue weighted by atomic mass is 32.2. The summed E-state index contributed by atoms with van der Waals surface area (Å²) in [6.07, 6.45) is -0.169. The number of hydrogen-bond donors (Lipinski definition) is 3. The van der Waals surface area contributed by atoms with Gasteiger partial charge in [0.25, 0.3) is 15.9 Å². The third-order valence-electron chi connectivity index (χ3n) is 4.16.